The van der Waals surface area contributed by atoms with Crippen LogP contribution in [-0.4, -0.2) is 32.0 Å². The predicted molar refractivity (Wildman–Crippen MR) is 118 cm³/mol. The predicted octanol–water partition coefficient (Wildman–Crippen LogP) is 5.45. The highest BCUT2D eigenvalue weighted by atomic mass is 35.5. The fourth-order valence-electron chi connectivity index (χ4n) is 2.80. The van der Waals surface area contributed by atoms with Gasteiger partial charge in [-0.05, 0) is 48.4 Å². The Morgan fingerprint density at radius 1 is 1.19 bits per heavy atom. The molecule has 158 valence electrons. The van der Waals surface area contributed by atoms with Gasteiger partial charge in [0.2, 0.25) is 5.16 Å². The molecule has 0 unspecified atom stereocenters. The number of aromatic nitrogens is 3. The lowest BCUT2D eigenvalue weighted by Gasteiger charge is -2.08. The van der Waals surface area contributed by atoms with E-state index in [9.17, 15) is 4.79 Å². The number of nitrogens with zero attached hydrogens (tertiary/aromatic N) is 2. The van der Waals surface area contributed by atoms with Crippen LogP contribution in [0.15, 0.2) is 64.2 Å². The molecule has 0 fully saturated rings. The number of thioether (sulfide) groups is 1. The van der Waals surface area contributed by atoms with Gasteiger partial charge < -0.3 is 14.3 Å². The van der Waals surface area contributed by atoms with Crippen molar-refractivity contribution in [2.24, 2.45) is 0 Å². The van der Waals surface area contributed by atoms with Crippen molar-refractivity contribution in [1.82, 2.24) is 15.2 Å². The number of furan rings is 1. The summed E-state index contributed by atoms with van der Waals surface area (Å²) in [7, 11) is 0. The third-order valence-electron chi connectivity index (χ3n) is 4.39. The number of hydrogen-bond acceptors (Lipinski definition) is 6. The van der Waals surface area contributed by atoms with E-state index in [2.05, 4.69) is 15.2 Å². The average Bonchev–Trinajstić information content (AvgIpc) is 3.43. The summed E-state index contributed by atoms with van der Waals surface area (Å²) in [6.45, 7) is 2.37. The molecule has 0 aliphatic rings. The molecule has 7 nitrogen and oxygen atoms in total. The van der Waals surface area contributed by atoms with Crippen molar-refractivity contribution in [1.29, 1.82) is 0 Å². The number of ether oxygens (including phenoxy) is 1. The van der Waals surface area contributed by atoms with Gasteiger partial charge in [0.25, 0.3) is 0 Å². The molecule has 0 bridgehead atoms. The molecule has 0 aliphatic heterocycles. The van der Waals surface area contributed by atoms with Gasteiger partial charge >= 0.3 is 5.97 Å². The van der Waals surface area contributed by atoms with Crippen molar-refractivity contribution in [3.63, 3.8) is 0 Å². The van der Waals surface area contributed by atoms with E-state index >= 15 is 0 Å². The maximum Gasteiger partial charge on any atom is 0.313 e. The van der Waals surface area contributed by atoms with E-state index in [1.54, 1.807) is 6.07 Å². The molecule has 0 atom stereocenters. The Morgan fingerprint density at radius 2 is 2.03 bits per heavy atom. The first-order chi connectivity index (χ1) is 15.0. The molecule has 2 aromatic carbocycles. The summed E-state index contributed by atoms with van der Waals surface area (Å²) in [4.78, 5) is 14.9. The standard InChI is InChI=1S/C22H18ClN3O4S/c1-13-5-6-14(9-17(13)23)11-29-16-4-2-3-15(10-16)18-7-8-19(30-18)21-24-22(26-25-21)31-12-20(27)28/h2-10H,11-12H2,1H3,(H,27,28)(H,24,25,26). The Labute approximate surface area is 187 Å². The first-order valence-electron chi connectivity index (χ1n) is 9.33. The number of aryl methyl sites for hydroxylation is 1. The molecule has 2 aromatic heterocycles. The molecule has 0 amide bonds. The molecule has 0 aliphatic carbocycles. The first-order valence-corrected chi connectivity index (χ1v) is 10.7. The molecule has 9 heteroatoms. The number of carboxylic acids is 1. The third-order valence-corrected chi connectivity index (χ3v) is 5.63. The van der Waals surface area contributed by atoms with Crippen molar-refractivity contribution in [3.8, 4) is 28.7 Å². The Morgan fingerprint density at radius 3 is 2.84 bits per heavy atom. The summed E-state index contributed by atoms with van der Waals surface area (Å²) in [5.41, 5.74) is 2.87. The lowest BCUT2D eigenvalue weighted by Crippen LogP contribution is -1.97. The second-order valence-electron chi connectivity index (χ2n) is 6.71. The highest BCUT2D eigenvalue weighted by molar-refractivity contribution is 7.99. The smallest absolute Gasteiger partial charge is 0.313 e. The van der Waals surface area contributed by atoms with Crippen LogP contribution >= 0.6 is 23.4 Å². The molecule has 0 saturated heterocycles. The van der Waals surface area contributed by atoms with Gasteiger partial charge in [-0.3, -0.25) is 9.89 Å². The number of hydrogen-bond donors (Lipinski definition) is 2. The fraction of sp³-hybridized carbons (Fsp3) is 0.136. The monoisotopic (exact) mass is 455 g/mol. The Balaban J connectivity index is 1.45. The number of carboxylic acid groups (broad SMARTS) is 1. The first kappa shape index (κ1) is 21.0. The number of aliphatic carboxylic acids is 1. The normalized spacial score (nSPS) is 10.9. The maximum absolute atomic E-state index is 10.7. The van der Waals surface area contributed by atoms with Crippen LogP contribution in [0.3, 0.4) is 0 Å². The molecule has 0 spiro atoms. The van der Waals surface area contributed by atoms with Crippen LogP contribution in [0.25, 0.3) is 22.9 Å². The van der Waals surface area contributed by atoms with Gasteiger partial charge in [0.15, 0.2) is 11.6 Å². The number of nitrogens with one attached hydrogen (secondary N) is 1. The minimum Gasteiger partial charge on any atom is -0.489 e. The molecule has 4 rings (SSSR count). The summed E-state index contributed by atoms with van der Waals surface area (Å²) in [6.07, 6.45) is 0. The number of aromatic amines is 1. The summed E-state index contributed by atoms with van der Waals surface area (Å²) < 4.78 is 11.8. The molecule has 0 saturated carbocycles. The zero-order chi connectivity index (χ0) is 21.8. The van der Waals surface area contributed by atoms with Crippen LogP contribution < -0.4 is 4.74 Å². The van der Waals surface area contributed by atoms with E-state index in [0.717, 1.165) is 33.5 Å². The number of benzene rings is 2. The van der Waals surface area contributed by atoms with Crippen LogP contribution in [0.2, 0.25) is 5.02 Å². The number of halogens is 1. The van der Waals surface area contributed by atoms with E-state index in [-0.39, 0.29) is 5.75 Å². The second kappa shape index (κ2) is 9.28. The average molecular weight is 456 g/mol. The van der Waals surface area contributed by atoms with Crippen LogP contribution in [0.5, 0.6) is 5.75 Å². The van der Waals surface area contributed by atoms with Gasteiger partial charge in [-0.2, -0.15) is 4.98 Å². The van der Waals surface area contributed by atoms with Crippen molar-refractivity contribution < 1.29 is 19.1 Å². The Kier molecular flexibility index (Phi) is 6.29. The van der Waals surface area contributed by atoms with Gasteiger partial charge in [0.1, 0.15) is 18.1 Å². The minimum absolute atomic E-state index is 0.109. The summed E-state index contributed by atoms with van der Waals surface area (Å²) in [6, 6.07) is 17.1. The summed E-state index contributed by atoms with van der Waals surface area (Å²) in [5.74, 6) is 1.26. The SMILES string of the molecule is Cc1ccc(COc2cccc(-c3ccc(-c4nc(SCC(=O)O)n[nH]4)o3)c2)cc1Cl. The van der Waals surface area contributed by atoms with Gasteiger partial charge in [-0.15, -0.1) is 5.10 Å². The topological polar surface area (TPSA) is 101 Å². The highest BCUT2D eigenvalue weighted by Gasteiger charge is 2.13. The maximum atomic E-state index is 10.7. The number of carbonyl (C=O) groups is 1. The fourth-order valence-corrected chi connectivity index (χ4v) is 3.52. The summed E-state index contributed by atoms with van der Waals surface area (Å²) >= 11 is 7.21. The molecule has 31 heavy (non-hydrogen) atoms. The molecule has 0 radical (unpaired) electrons. The van der Waals surface area contributed by atoms with Crippen LogP contribution in [0, 0.1) is 6.92 Å². The van der Waals surface area contributed by atoms with Crippen LogP contribution in [0.4, 0.5) is 0 Å². The van der Waals surface area contributed by atoms with Crippen molar-refractivity contribution in [3.05, 3.63) is 70.7 Å². The van der Waals surface area contributed by atoms with Crippen molar-refractivity contribution in [2.75, 3.05) is 5.75 Å². The molecule has 2 N–H and O–H groups in total. The van der Waals surface area contributed by atoms with Crippen LogP contribution in [0.1, 0.15) is 11.1 Å². The van der Waals surface area contributed by atoms with E-state index in [0.29, 0.717) is 34.9 Å². The quantitative estimate of drug-likeness (QED) is 0.340. The van der Waals surface area contributed by atoms with E-state index < -0.39 is 5.97 Å². The van der Waals surface area contributed by atoms with Gasteiger partial charge in [0, 0.05) is 10.6 Å². The molecular weight excluding hydrogens is 438 g/mol. The van der Waals surface area contributed by atoms with Crippen molar-refractivity contribution in [2.45, 2.75) is 18.7 Å². The van der Waals surface area contributed by atoms with E-state index in [1.807, 2.05) is 55.5 Å². The lowest BCUT2D eigenvalue weighted by molar-refractivity contribution is -0.133. The summed E-state index contributed by atoms with van der Waals surface area (Å²) in [5, 5.41) is 16.6. The van der Waals surface area contributed by atoms with Gasteiger partial charge in [-0.25, -0.2) is 0 Å². The van der Waals surface area contributed by atoms with Crippen LogP contribution in [-0.2, 0) is 11.4 Å². The molecule has 4 aromatic rings. The molecule has 2 heterocycles. The van der Waals surface area contributed by atoms with Crippen molar-refractivity contribution >= 4 is 29.3 Å². The molecular formula is C22H18ClN3O4S. The minimum atomic E-state index is -0.927. The zero-order valence-electron chi connectivity index (χ0n) is 16.5. The Hall–Kier alpha value is -3.23. The number of rotatable bonds is 8. The highest BCUT2D eigenvalue weighted by Crippen LogP contribution is 2.30. The third kappa shape index (κ3) is 5.28. The second-order valence-corrected chi connectivity index (χ2v) is 8.06. The largest absolute Gasteiger partial charge is 0.489 e. The van der Waals surface area contributed by atoms with Gasteiger partial charge in [-0.1, -0.05) is 47.6 Å². The van der Waals surface area contributed by atoms with E-state index in [4.69, 9.17) is 25.9 Å². The van der Waals surface area contributed by atoms with E-state index in [1.165, 1.54) is 0 Å². The lowest BCUT2D eigenvalue weighted by atomic mass is 10.1. The Bertz CT molecular complexity index is 1220. The number of H-pyrrole nitrogens is 1. The zero-order valence-corrected chi connectivity index (χ0v) is 18.0. The van der Waals surface area contributed by atoms with Gasteiger partial charge in [0.05, 0.1) is 5.75 Å².